The van der Waals surface area contributed by atoms with Crippen LogP contribution in [0.1, 0.15) is 28.2 Å². The third kappa shape index (κ3) is 3.60. The molecule has 0 atom stereocenters. The lowest BCUT2D eigenvalue weighted by molar-refractivity contribution is 0.0732. The molecule has 6 nitrogen and oxygen atoms in total. The van der Waals surface area contributed by atoms with Gasteiger partial charge in [0, 0.05) is 44.6 Å². The van der Waals surface area contributed by atoms with Crippen molar-refractivity contribution in [2.45, 2.75) is 19.9 Å². The first-order chi connectivity index (χ1) is 11.7. The fraction of sp³-hybridized carbons (Fsp3) is 0.278. The van der Waals surface area contributed by atoms with E-state index < -0.39 is 0 Å². The maximum atomic E-state index is 12.9. The van der Waals surface area contributed by atoms with Crippen molar-refractivity contribution in [1.29, 1.82) is 0 Å². The van der Waals surface area contributed by atoms with Crippen molar-refractivity contribution in [3.05, 3.63) is 59.7 Å². The number of benzene rings is 1. The van der Waals surface area contributed by atoms with Crippen LogP contribution in [0.5, 0.6) is 0 Å². The van der Waals surface area contributed by atoms with Crippen LogP contribution in [-0.2, 0) is 6.54 Å². The zero-order chi connectivity index (χ0) is 16.9. The summed E-state index contributed by atoms with van der Waals surface area (Å²) in [5.41, 5.74) is 2.88. The Morgan fingerprint density at radius 3 is 2.79 bits per heavy atom. The normalized spacial score (nSPS) is 10.9. The van der Waals surface area contributed by atoms with E-state index in [1.807, 2.05) is 12.1 Å². The van der Waals surface area contributed by atoms with E-state index in [9.17, 15) is 4.79 Å². The van der Waals surface area contributed by atoms with Gasteiger partial charge < -0.3 is 14.4 Å². The first-order valence-corrected chi connectivity index (χ1v) is 7.83. The summed E-state index contributed by atoms with van der Waals surface area (Å²) in [4.78, 5) is 22.8. The molecule has 3 rings (SSSR count). The number of aryl methyl sites for hydroxylation is 1. The summed E-state index contributed by atoms with van der Waals surface area (Å²) in [7, 11) is 0. The van der Waals surface area contributed by atoms with Gasteiger partial charge in [-0.3, -0.25) is 9.78 Å². The van der Waals surface area contributed by atoms with Crippen LogP contribution in [0.4, 0.5) is 0 Å². The van der Waals surface area contributed by atoms with E-state index in [4.69, 9.17) is 9.52 Å². The molecular formula is C18H19N3O3. The molecule has 0 spiro atoms. The molecule has 0 bridgehead atoms. The largest absolute Gasteiger partial charge is 0.441 e. The molecular weight excluding hydrogens is 306 g/mol. The maximum Gasteiger partial charge on any atom is 0.254 e. The van der Waals surface area contributed by atoms with Crippen molar-refractivity contribution in [2.24, 2.45) is 0 Å². The van der Waals surface area contributed by atoms with Crippen LogP contribution in [0.15, 0.2) is 47.1 Å². The van der Waals surface area contributed by atoms with Gasteiger partial charge in [-0.05, 0) is 42.3 Å². The number of carbonyl (C=O) groups excluding carboxylic acids is 1. The van der Waals surface area contributed by atoms with Crippen LogP contribution in [0.2, 0.25) is 0 Å². The summed E-state index contributed by atoms with van der Waals surface area (Å²) in [5.74, 6) is 0.472. The highest BCUT2D eigenvalue weighted by Gasteiger charge is 2.17. The number of hydrogen-bond donors (Lipinski definition) is 1. The Morgan fingerprint density at radius 1 is 1.25 bits per heavy atom. The number of carbonyl (C=O) groups is 1. The molecule has 1 aromatic carbocycles. The third-order valence-electron chi connectivity index (χ3n) is 3.74. The molecule has 1 N–H and O–H groups in total. The first kappa shape index (κ1) is 16.1. The number of oxazole rings is 1. The Morgan fingerprint density at radius 2 is 2.04 bits per heavy atom. The van der Waals surface area contributed by atoms with E-state index in [1.165, 1.54) is 0 Å². The molecule has 24 heavy (non-hydrogen) atoms. The number of aliphatic hydroxyl groups excluding tert-OH is 1. The number of rotatable bonds is 6. The summed E-state index contributed by atoms with van der Waals surface area (Å²) >= 11 is 0. The molecule has 0 saturated heterocycles. The minimum Gasteiger partial charge on any atom is -0.441 e. The third-order valence-corrected chi connectivity index (χ3v) is 3.74. The SMILES string of the molecule is Cc1nc2ccc(C(=O)N(CCCO)Cc3ccncc3)cc2o1. The molecule has 6 heteroatoms. The van der Waals surface area contributed by atoms with Gasteiger partial charge in [-0.2, -0.15) is 0 Å². The molecule has 2 aromatic heterocycles. The van der Waals surface area contributed by atoms with Crippen molar-refractivity contribution < 1.29 is 14.3 Å². The lowest BCUT2D eigenvalue weighted by Gasteiger charge is -2.22. The zero-order valence-corrected chi connectivity index (χ0v) is 13.5. The van der Waals surface area contributed by atoms with Gasteiger partial charge >= 0.3 is 0 Å². The predicted molar refractivity (Wildman–Crippen MR) is 89.4 cm³/mol. The Bertz CT molecular complexity index is 830. The molecule has 0 aliphatic rings. The molecule has 124 valence electrons. The van der Waals surface area contributed by atoms with Crippen molar-refractivity contribution >= 4 is 17.0 Å². The average molecular weight is 325 g/mol. The second kappa shape index (κ2) is 7.23. The quantitative estimate of drug-likeness (QED) is 0.753. The van der Waals surface area contributed by atoms with Crippen LogP contribution < -0.4 is 0 Å². The Kier molecular flexibility index (Phi) is 4.86. The number of amides is 1. The van der Waals surface area contributed by atoms with Crippen LogP contribution in [0.3, 0.4) is 0 Å². The highest BCUT2D eigenvalue weighted by molar-refractivity contribution is 5.97. The molecule has 0 saturated carbocycles. The second-order valence-corrected chi connectivity index (χ2v) is 5.57. The molecule has 1 amide bonds. The van der Waals surface area contributed by atoms with Crippen molar-refractivity contribution in [1.82, 2.24) is 14.9 Å². The van der Waals surface area contributed by atoms with Gasteiger partial charge in [0.1, 0.15) is 5.52 Å². The van der Waals surface area contributed by atoms with Crippen LogP contribution in [-0.4, -0.2) is 39.0 Å². The monoisotopic (exact) mass is 325 g/mol. The Labute approximate surface area is 139 Å². The zero-order valence-electron chi connectivity index (χ0n) is 13.5. The Balaban J connectivity index is 1.85. The number of pyridine rings is 1. The van der Waals surface area contributed by atoms with Crippen molar-refractivity contribution in [3.63, 3.8) is 0 Å². The van der Waals surface area contributed by atoms with E-state index in [0.29, 0.717) is 36.5 Å². The lowest BCUT2D eigenvalue weighted by atomic mass is 10.1. The predicted octanol–water partition coefficient (Wildman–Crippen LogP) is 2.56. The summed E-state index contributed by atoms with van der Waals surface area (Å²) in [6.07, 6.45) is 3.93. The van der Waals surface area contributed by atoms with E-state index >= 15 is 0 Å². The minimum atomic E-state index is -0.101. The van der Waals surface area contributed by atoms with Crippen LogP contribution >= 0.6 is 0 Å². The van der Waals surface area contributed by atoms with Gasteiger partial charge in [-0.25, -0.2) is 4.98 Å². The fourth-order valence-corrected chi connectivity index (χ4v) is 2.58. The highest BCUT2D eigenvalue weighted by Crippen LogP contribution is 2.19. The molecule has 0 fully saturated rings. The van der Waals surface area contributed by atoms with E-state index in [2.05, 4.69) is 9.97 Å². The smallest absolute Gasteiger partial charge is 0.254 e. The maximum absolute atomic E-state index is 12.9. The standard InChI is InChI=1S/C18H19N3O3/c1-13-20-16-4-3-15(11-17(16)24-13)18(23)21(9-2-10-22)12-14-5-7-19-8-6-14/h3-8,11,22H,2,9-10,12H2,1H3. The van der Waals surface area contributed by atoms with Crippen molar-refractivity contribution in [2.75, 3.05) is 13.2 Å². The minimum absolute atomic E-state index is 0.0421. The molecule has 0 radical (unpaired) electrons. The van der Waals surface area contributed by atoms with Gasteiger partial charge in [0.15, 0.2) is 11.5 Å². The van der Waals surface area contributed by atoms with Gasteiger partial charge in [0.05, 0.1) is 0 Å². The fourth-order valence-electron chi connectivity index (χ4n) is 2.58. The topological polar surface area (TPSA) is 79.5 Å². The molecule has 0 aliphatic heterocycles. The Hall–Kier alpha value is -2.73. The van der Waals surface area contributed by atoms with Crippen LogP contribution in [0, 0.1) is 6.92 Å². The number of aromatic nitrogens is 2. The molecule has 0 unspecified atom stereocenters. The number of fused-ring (bicyclic) bond motifs is 1. The van der Waals surface area contributed by atoms with Gasteiger partial charge in [-0.1, -0.05) is 0 Å². The summed E-state index contributed by atoms with van der Waals surface area (Å²) in [6, 6.07) is 9.02. The van der Waals surface area contributed by atoms with Gasteiger partial charge in [0.2, 0.25) is 0 Å². The number of hydrogen-bond acceptors (Lipinski definition) is 5. The van der Waals surface area contributed by atoms with Gasteiger partial charge in [0.25, 0.3) is 5.91 Å². The number of aliphatic hydroxyl groups is 1. The summed E-state index contributed by atoms with van der Waals surface area (Å²) < 4.78 is 5.51. The molecule has 0 aliphatic carbocycles. The molecule has 3 aromatic rings. The average Bonchev–Trinajstić information content (AvgIpc) is 2.98. The van der Waals surface area contributed by atoms with Gasteiger partial charge in [-0.15, -0.1) is 0 Å². The van der Waals surface area contributed by atoms with Crippen LogP contribution in [0.25, 0.3) is 11.1 Å². The van der Waals surface area contributed by atoms with E-state index in [-0.39, 0.29) is 12.5 Å². The van der Waals surface area contributed by atoms with E-state index in [0.717, 1.165) is 11.1 Å². The van der Waals surface area contributed by atoms with Crippen molar-refractivity contribution in [3.8, 4) is 0 Å². The highest BCUT2D eigenvalue weighted by atomic mass is 16.3. The summed E-state index contributed by atoms with van der Waals surface area (Å²) in [6.45, 7) is 2.76. The summed E-state index contributed by atoms with van der Waals surface area (Å²) in [5, 5.41) is 9.11. The lowest BCUT2D eigenvalue weighted by Crippen LogP contribution is -2.32. The second-order valence-electron chi connectivity index (χ2n) is 5.57. The number of nitrogens with zero attached hydrogens (tertiary/aromatic N) is 3. The molecule has 2 heterocycles. The first-order valence-electron chi connectivity index (χ1n) is 7.83. The van der Waals surface area contributed by atoms with E-state index in [1.54, 1.807) is 42.4 Å².